The predicted octanol–water partition coefficient (Wildman–Crippen LogP) is 4.77. The van der Waals surface area contributed by atoms with Crippen LogP contribution in [0, 0.1) is 5.41 Å². The van der Waals surface area contributed by atoms with Gasteiger partial charge in [-0.25, -0.2) is 4.98 Å². The van der Waals surface area contributed by atoms with E-state index < -0.39 is 11.7 Å². The van der Waals surface area contributed by atoms with E-state index in [9.17, 15) is 13.2 Å². The highest BCUT2D eigenvalue weighted by Crippen LogP contribution is 2.34. The molecule has 1 aromatic rings. The minimum absolute atomic E-state index is 0.0595. The SMILES string of the molecule is CNc1cc(C(F)(F)F)cc(NC(C)(C)CC(C)(C)C)n1. The van der Waals surface area contributed by atoms with Gasteiger partial charge in [0.1, 0.15) is 11.6 Å². The minimum atomic E-state index is -4.39. The molecule has 0 radical (unpaired) electrons. The Morgan fingerprint density at radius 1 is 1.00 bits per heavy atom. The van der Waals surface area contributed by atoms with E-state index in [0.717, 1.165) is 18.6 Å². The third kappa shape index (κ3) is 5.81. The van der Waals surface area contributed by atoms with Gasteiger partial charge in [0.2, 0.25) is 0 Å². The van der Waals surface area contributed by atoms with Crippen molar-refractivity contribution < 1.29 is 13.2 Å². The van der Waals surface area contributed by atoms with Crippen molar-refractivity contribution in [3.63, 3.8) is 0 Å². The first-order valence-electron chi connectivity index (χ1n) is 6.88. The second-order valence-electron chi connectivity index (χ2n) is 7.12. The second kappa shape index (κ2) is 5.73. The van der Waals surface area contributed by atoms with E-state index in [1.165, 1.54) is 0 Å². The highest BCUT2D eigenvalue weighted by molar-refractivity contribution is 5.50. The fourth-order valence-electron chi connectivity index (χ4n) is 2.60. The Morgan fingerprint density at radius 2 is 1.52 bits per heavy atom. The summed E-state index contributed by atoms with van der Waals surface area (Å²) in [5, 5.41) is 5.77. The first-order valence-corrected chi connectivity index (χ1v) is 6.88. The van der Waals surface area contributed by atoms with Crippen LogP contribution in [0.4, 0.5) is 24.8 Å². The third-order valence-corrected chi connectivity index (χ3v) is 2.85. The first kappa shape index (κ1) is 17.6. The molecule has 0 amide bonds. The maximum absolute atomic E-state index is 12.9. The van der Waals surface area contributed by atoms with Crippen molar-refractivity contribution in [1.82, 2.24) is 4.98 Å². The van der Waals surface area contributed by atoms with Crippen LogP contribution in [0.1, 0.15) is 46.6 Å². The lowest BCUT2D eigenvalue weighted by atomic mass is 9.82. The maximum Gasteiger partial charge on any atom is 0.416 e. The molecule has 0 aliphatic carbocycles. The highest BCUT2D eigenvalue weighted by Gasteiger charge is 2.32. The standard InChI is InChI=1S/C15H24F3N3/c1-13(2,3)9-14(4,5)21-12-8-10(15(16,17)18)7-11(19-6)20-12/h7-8H,9H2,1-6H3,(H2,19,20,21). The Hall–Kier alpha value is -1.46. The van der Waals surface area contributed by atoms with Crippen LogP contribution in [0.25, 0.3) is 0 Å². The lowest BCUT2D eigenvalue weighted by molar-refractivity contribution is -0.137. The molecule has 3 nitrogen and oxygen atoms in total. The second-order valence-corrected chi connectivity index (χ2v) is 7.12. The molecule has 0 atom stereocenters. The smallest absolute Gasteiger partial charge is 0.373 e. The van der Waals surface area contributed by atoms with Crippen molar-refractivity contribution >= 4 is 11.6 Å². The summed E-state index contributed by atoms with van der Waals surface area (Å²) in [6.45, 7) is 10.2. The van der Waals surface area contributed by atoms with Crippen LogP contribution in [0.2, 0.25) is 0 Å². The number of hydrogen-bond donors (Lipinski definition) is 2. The average molecular weight is 303 g/mol. The van der Waals surface area contributed by atoms with Crippen molar-refractivity contribution in [1.29, 1.82) is 0 Å². The van der Waals surface area contributed by atoms with Gasteiger partial charge in [0.05, 0.1) is 5.56 Å². The molecule has 0 unspecified atom stereocenters. The summed E-state index contributed by atoms with van der Waals surface area (Å²) in [6.07, 6.45) is -3.59. The summed E-state index contributed by atoms with van der Waals surface area (Å²) in [5.41, 5.74) is -1.01. The van der Waals surface area contributed by atoms with E-state index in [1.54, 1.807) is 7.05 Å². The molecular weight excluding hydrogens is 279 g/mol. The van der Waals surface area contributed by atoms with Gasteiger partial charge in [0.25, 0.3) is 0 Å². The van der Waals surface area contributed by atoms with Crippen molar-refractivity contribution in [2.45, 2.75) is 52.8 Å². The molecule has 0 aliphatic rings. The molecule has 0 spiro atoms. The molecule has 6 heteroatoms. The van der Waals surface area contributed by atoms with Gasteiger partial charge in [0, 0.05) is 12.6 Å². The largest absolute Gasteiger partial charge is 0.416 e. The Morgan fingerprint density at radius 3 is 1.95 bits per heavy atom. The molecule has 120 valence electrons. The number of halogens is 3. The molecule has 0 saturated carbocycles. The number of hydrogen-bond acceptors (Lipinski definition) is 3. The van der Waals surface area contributed by atoms with Gasteiger partial charge in [-0.1, -0.05) is 20.8 Å². The molecule has 2 N–H and O–H groups in total. The molecule has 1 heterocycles. The summed E-state index contributed by atoms with van der Waals surface area (Å²) in [4.78, 5) is 4.16. The number of rotatable bonds is 4. The fraction of sp³-hybridized carbons (Fsp3) is 0.667. The van der Waals surface area contributed by atoms with E-state index in [4.69, 9.17) is 0 Å². The van der Waals surface area contributed by atoms with Crippen LogP contribution >= 0.6 is 0 Å². The van der Waals surface area contributed by atoms with Crippen LogP contribution in [0.15, 0.2) is 12.1 Å². The lowest BCUT2D eigenvalue weighted by Gasteiger charge is -2.34. The van der Waals surface area contributed by atoms with Crippen molar-refractivity contribution in [3.8, 4) is 0 Å². The first-order chi connectivity index (χ1) is 9.32. The summed E-state index contributed by atoms with van der Waals surface area (Å²) in [7, 11) is 1.55. The highest BCUT2D eigenvalue weighted by atomic mass is 19.4. The van der Waals surface area contributed by atoms with Gasteiger partial charge < -0.3 is 10.6 Å². The molecule has 1 aromatic heterocycles. The normalized spacial score (nSPS) is 13.2. The Bertz CT molecular complexity index is 488. The Kier molecular flexibility index (Phi) is 4.80. The number of alkyl halides is 3. The van der Waals surface area contributed by atoms with Gasteiger partial charge in [-0.3, -0.25) is 0 Å². The van der Waals surface area contributed by atoms with Gasteiger partial charge in [-0.2, -0.15) is 13.2 Å². The van der Waals surface area contributed by atoms with E-state index in [1.807, 2.05) is 13.8 Å². The third-order valence-electron chi connectivity index (χ3n) is 2.85. The van der Waals surface area contributed by atoms with Crippen LogP contribution in [-0.4, -0.2) is 17.6 Å². The number of nitrogens with one attached hydrogen (secondary N) is 2. The van der Waals surface area contributed by atoms with Crippen LogP contribution < -0.4 is 10.6 Å². The summed E-state index contributed by atoms with van der Waals surface area (Å²) < 4.78 is 38.7. The molecule has 0 aliphatic heterocycles. The molecule has 0 aromatic carbocycles. The quantitative estimate of drug-likeness (QED) is 0.841. The monoisotopic (exact) mass is 303 g/mol. The summed E-state index contributed by atoms with van der Waals surface area (Å²) >= 11 is 0. The molecule has 0 bridgehead atoms. The molecular formula is C15H24F3N3. The number of anilines is 2. The zero-order chi connectivity index (χ0) is 16.5. The Balaban J connectivity index is 3.08. The van der Waals surface area contributed by atoms with Crippen LogP contribution in [-0.2, 0) is 6.18 Å². The maximum atomic E-state index is 12.9. The van der Waals surface area contributed by atoms with E-state index in [2.05, 4.69) is 36.4 Å². The van der Waals surface area contributed by atoms with Crippen molar-refractivity contribution in [2.75, 3.05) is 17.7 Å². The van der Waals surface area contributed by atoms with Crippen molar-refractivity contribution in [2.24, 2.45) is 5.41 Å². The van der Waals surface area contributed by atoms with Gasteiger partial charge in [-0.05, 0) is 37.8 Å². The molecule has 1 rings (SSSR count). The van der Waals surface area contributed by atoms with E-state index in [-0.39, 0.29) is 22.6 Å². The van der Waals surface area contributed by atoms with E-state index >= 15 is 0 Å². The predicted molar refractivity (Wildman–Crippen MR) is 80.6 cm³/mol. The zero-order valence-electron chi connectivity index (χ0n) is 13.4. The zero-order valence-corrected chi connectivity index (χ0v) is 13.4. The van der Waals surface area contributed by atoms with Crippen molar-refractivity contribution in [3.05, 3.63) is 17.7 Å². The summed E-state index contributed by atoms with van der Waals surface area (Å²) in [6, 6.07) is 2.05. The van der Waals surface area contributed by atoms with Gasteiger partial charge >= 0.3 is 6.18 Å². The average Bonchev–Trinajstić information content (AvgIpc) is 2.22. The van der Waals surface area contributed by atoms with Crippen LogP contribution in [0.5, 0.6) is 0 Å². The minimum Gasteiger partial charge on any atom is -0.373 e. The topological polar surface area (TPSA) is 37.0 Å². The Labute approximate surface area is 124 Å². The van der Waals surface area contributed by atoms with Gasteiger partial charge in [0.15, 0.2) is 0 Å². The molecule has 0 fully saturated rings. The molecule has 21 heavy (non-hydrogen) atoms. The number of pyridine rings is 1. The van der Waals surface area contributed by atoms with Gasteiger partial charge in [-0.15, -0.1) is 0 Å². The fourth-order valence-corrected chi connectivity index (χ4v) is 2.60. The van der Waals surface area contributed by atoms with Crippen LogP contribution in [0.3, 0.4) is 0 Å². The number of nitrogens with zero attached hydrogens (tertiary/aromatic N) is 1. The number of aromatic nitrogens is 1. The lowest BCUT2D eigenvalue weighted by Crippen LogP contribution is -2.35. The van der Waals surface area contributed by atoms with E-state index in [0.29, 0.717) is 0 Å². The summed E-state index contributed by atoms with van der Waals surface area (Å²) in [5.74, 6) is 0.419. The molecule has 0 saturated heterocycles.